The predicted molar refractivity (Wildman–Crippen MR) is 77.2 cm³/mol. The molecule has 5 atom stereocenters. The maximum atomic E-state index is 12.1. The Kier molecular flexibility index (Phi) is 3.80. The zero-order chi connectivity index (χ0) is 15.1. The van der Waals surface area contributed by atoms with E-state index in [4.69, 9.17) is 9.47 Å². The van der Waals surface area contributed by atoms with Gasteiger partial charge in [-0.2, -0.15) is 0 Å². The quantitative estimate of drug-likeness (QED) is 0.577. The maximum absolute atomic E-state index is 12.1. The smallest absolute Gasteiger partial charge is 0.333 e. The number of fused-ring (bicyclic) bond motifs is 4. The number of rotatable bonds is 5. The van der Waals surface area contributed by atoms with Crippen molar-refractivity contribution in [2.45, 2.75) is 45.6 Å². The van der Waals surface area contributed by atoms with E-state index in [-0.39, 0.29) is 18.5 Å². The Labute approximate surface area is 125 Å². The van der Waals surface area contributed by atoms with Gasteiger partial charge in [0.1, 0.15) is 12.7 Å². The fourth-order valence-corrected chi connectivity index (χ4v) is 4.38. The van der Waals surface area contributed by atoms with Gasteiger partial charge < -0.3 is 9.47 Å². The molecule has 0 aliphatic heterocycles. The molecule has 21 heavy (non-hydrogen) atoms. The number of hydrogen-bond donors (Lipinski definition) is 0. The molecule has 3 aliphatic rings. The van der Waals surface area contributed by atoms with Crippen LogP contribution in [0, 0.1) is 29.6 Å². The van der Waals surface area contributed by atoms with Crippen molar-refractivity contribution in [2.24, 2.45) is 29.6 Å². The molecule has 116 valence electrons. The highest BCUT2D eigenvalue weighted by atomic mass is 16.6. The first kappa shape index (κ1) is 14.6. The van der Waals surface area contributed by atoms with Crippen LogP contribution < -0.4 is 0 Å². The molecular formula is C17H24O4. The van der Waals surface area contributed by atoms with E-state index in [1.165, 1.54) is 12.8 Å². The lowest BCUT2D eigenvalue weighted by Crippen LogP contribution is -2.50. The Balaban J connectivity index is 1.41. The lowest BCUT2D eigenvalue weighted by Gasteiger charge is -2.57. The normalized spacial score (nSPS) is 37.3. The van der Waals surface area contributed by atoms with E-state index in [2.05, 4.69) is 6.58 Å². The van der Waals surface area contributed by atoms with Crippen molar-refractivity contribution in [3.05, 3.63) is 12.2 Å². The molecule has 0 saturated heterocycles. The SMILES string of the molecule is C=C(C)C(=O)OC(C)COC(=O)C1CC2C3CCC3C2C1. The minimum absolute atomic E-state index is 0.0645. The molecule has 0 N–H and O–H groups in total. The van der Waals surface area contributed by atoms with Crippen molar-refractivity contribution in [1.82, 2.24) is 0 Å². The van der Waals surface area contributed by atoms with Gasteiger partial charge in [0.2, 0.25) is 0 Å². The molecule has 3 aliphatic carbocycles. The first-order chi connectivity index (χ1) is 9.97. The minimum atomic E-state index is -0.436. The van der Waals surface area contributed by atoms with Crippen molar-refractivity contribution in [1.29, 1.82) is 0 Å². The van der Waals surface area contributed by atoms with Crippen LogP contribution in [-0.2, 0) is 19.1 Å². The summed E-state index contributed by atoms with van der Waals surface area (Å²) in [7, 11) is 0. The second kappa shape index (κ2) is 5.47. The minimum Gasteiger partial charge on any atom is -0.462 e. The van der Waals surface area contributed by atoms with Crippen LogP contribution in [0.3, 0.4) is 0 Å². The van der Waals surface area contributed by atoms with Crippen molar-refractivity contribution >= 4 is 11.9 Å². The van der Waals surface area contributed by atoms with Crippen molar-refractivity contribution in [2.75, 3.05) is 6.61 Å². The Hall–Kier alpha value is -1.32. The van der Waals surface area contributed by atoms with Gasteiger partial charge in [0, 0.05) is 5.57 Å². The first-order valence-electron chi connectivity index (χ1n) is 8.00. The summed E-state index contributed by atoms with van der Waals surface area (Å²) >= 11 is 0. The monoisotopic (exact) mass is 292 g/mol. The standard InChI is InChI=1S/C17H24O4/c1-9(2)16(18)21-10(3)8-20-17(19)11-6-14-12-4-5-13(12)15(14)7-11/h10-15H,1,4-8H2,2-3H3. The van der Waals surface area contributed by atoms with Crippen molar-refractivity contribution in [3.8, 4) is 0 Å². The number of esters is 2. The van der Waals surface area contributed by atoms with Gasteiger partial charge in [-0.15, -0.1) is 0 Å². The van der Waals surface area contributed by atoms with Crippen LogP contribution in [0.5, 0.6) is 0 Å². The van der Waals surface area contributed by atoms with Crippen LogP contribution in [0.15, 0.2) is 12.2 Å². The Morgan fingerprint density at radius 2 is 1.71 bits per heavy atom. The summed E-state index contributed by atoms with van der Waals surface area (Å²) < 4.78 is 10.4. The summed E-state index contributed by atoms with van der Waals surface area (Å²) in [6.07, 6.45) is 4.31. The summed E-state index contributed by atoms with van der Waals surface area (Å²) in [5.74, 6) is 2.89. The summed E-state index contributed by atoms with van der Waals surface area (Å²) in [6.45, 7) is 6.99. The molecule has 4 nitrogen and oxygen atoms in total. The molecule has 0 aromatic rings. The Morgan fingerprint density at radius 1 is 1.14 bits per heavy atom. The van der Waals surface area contributed by atoms with Gasteiger partial charge >= 0.3 is 11.9 Å². The molecule has 3 saturated carbocycles. The molecule has 3 rings (SSSR count). The van der Waals surface area contributed by atoms with E-state index in [0.717, 1.165) is 36.5 Å². The number of carbonyl (C=O) groups is 2. The second-order valence-corrected chi connectivity index (χ2v) is 7.03. The molecule has 5 unspecified atom stereocenters. The summed E-state index contributed by atoms with van der Waals surface area (Å²) in [4.78, 5) is 23.5. The third-order valence-corrected chi connectivity index (χ3v) is 5.60. The maximum Gasteiger partial charge on any atom is 0.333 e. The van der Waals surface area contributed by atoms with E-state index < -0.39 is 12.1 Å². The van der Waals surface area contributed by atoms with Crippen LogP contribution in [0.1, 0.15) is 39.5 Å². The number of ether oxygens (including phenoxy) is 2. The zero-order valence-corrected chi connectivity index (χ0v) is 12.8. The van der Waals surface area contributed by atoms with E-state index >= 15 is 0 Å². The van der Waals surface area contributed by atoms with Crippen LogP contribution >= 0.6 is 0 Å². The molecule has 0 aromatic carbocycles. The Bertz CT molecular complexity index is 451. The molecule has 4 heteroatoms. The summed E-state index contributed by atoms with van der Waals surface area (Å²) in [6, 6.07) is 0. The molecule has 3 fully saturated rings. The average Bonchev–Trinajstić information content (AvgIpc) is 2.75. The van der Waals surface area contributed by atoms with Gasteiger partial charge in [-0.3, -0.25) is 4.79 Å². The second-order valence-electron chi connectivity index (χ2n) is 7.03. The van der Waals surface area contributed by atoms with Gasteiger partial charge in [0.25, 0.3) is 0 Å². The molecule has 0 aromatic heterocycles. The molecule has 0 spiro atoms. The molecule has 0 bridgehead atoms. The lowest BCUT2D eigenvalue weighted by molar-refractivity contribution is -0.158. The molecule has 0 amide bonds. The largest absolute Gasteiger partial charge is 0.462 e. The van der Waals surface area contributed by atoms with E-state index in [1.54, 1.807) is 13.8 Å². The number of carbonyl (C=O) groups excluding carboxylic acids is 2. The van der Waals surface area contributed by atoms with Crippen LogP contribution in [0.2, 0.25) is 0 Å². The van der Waals surface area contributed by atoms with Crippen molar-refractivity contribution < 1.29 is 19.1 Å². The predicted octanol–water partition coefficient (Wildman–Crippen LogP) is 2.72. The van der Waals surface area contributed by atoms with Crippen LogP contribution in [0.25, 0.3) is 0 Å². The highest BCUT2D eigenvalue weighted by Crippen LogP contribution is 2.65. The highest BCUT2D eigenvalue weighted by molar-refractivity contribution is 5.87. The van der Waals surface area contributed by atoms with Gasteiger partial charge in [0.15, 0.2) is 0 Å². The van der Waals surface area contributed by atoms with Gasteiger partial charge in [-0.05, 0) is 63.2 Å². The topological polar surface area (TPSA) is 52.6 Å². The zero-order valence-electron chi connectivity index (χ0n) is 12.8. The third-order valence-electron chi connectivity index (χ3n) is 5.60. The molecule has 0 heterocycles. The van der Waals surface area contributed by atoms with E-state index in [1.807, 2.05) is 0 Å². The molecular weight excluding hydrogens is 268 g/mol. The van der Waals surface area contributed by atoms with E-state index in [9.17, 15) is 9.59 Å². The Morgan fingerprint density at radius 3 is 2.19 bits per heavy atom. The third kappa shape index (κ3) is 2.60. The fraction of sp³-hybridized carbons (Fsp3) is 0.765. The van der Waals surface area contributed by atoms with Gasteiger partial charge in [-0.1, -0.05) is 6.58 Å². The first-order valence-corrected chi connectivity index (χ1v) is 8.00. The summed E-state index contributed by atoms with van der Waals surface area (Å²) in [5, 5.41) is 0. The average molecular weight is 292 g/mol. The van der Waals surface area contributed by atoms with Gasteiger partial charge in [0.05, 0.1) is 5.92 Å². The molecule has 0 radical (unpaired) electrons. The van der Waals surface area contributed by atoms with Gasteiger partial charge in [-0.25, -0.2) is 4.79 Å². The van der Waals surface area contributed by atoms with Crippen LogP contribution in [-0.4, -0.2) is 24.6 Å². The summed E-state index contributed by atoms with van der Waals surface area (Å²) in [5.41, 5.74) is 0.357. The number of hydrogen-bond acceptors (Lipinski definition) is 4. The van der Waals surface area contributed by atoms with Crippen LogP contribution in [0.4, 0.5) is 0 Å². The lowest BCUT2D eigenvalue weighted by atomic mass is 9.48. The van der Waals surface area contributed by atoms with E-state index in [0.29, 0.717) is 5.57 Å². The fourth-order valence-electron chi connectivity index (χ4n) is 4.38. The van der Waals surface area contributed by atoms with Crippen molar-refractivity contribution in [3.63, 3.8) is 0 Å². The highest BCUT2D eigenvalue weighted by Gasteiger charge is 2.59.